The van der Waals surface area contributed by atoms with Crippen molar-refractivity contribution in [2.45, 2.75) is 27.3 Å². The zero-order chi connectivity index (χ0) is 16.3. The van der Waals surface area contributed by atoms with Crippen LogP contribution in [-0.4, -0.2) is 41.5 Å². The molecule has 0 bridgehead atoms. The number of anilines is 1. The second-order valence-electron chi connectivity index (χ2n) is 6.55. The predicted octanol–water partition coefficient (Wildman–Crippen LogP) is 1.42. The van der Waals surface area contributed by atoms with E-state index in [1.807, 2.05) is 24.3 Å². The first-order valence-corrected chi connectivity index (χ1v) is 7.35. The maximum absolute atomic E-state index is 12.2. The minimum atomic E-state index is -0.579. The van der Waals surface area contributed by atoms with Crippen LogP contribution in [0.3, 0.4) is 0 Å². The van der Waals surface area contributed by atoms with Crippen molar-refractivity contribution in [2.75, 3.05) is 25.4 Å². The maximum Gasteiger partial charge on any atom is 0.330 e. The fourth-order valence-corrected chi connectivity index (χ4v) is 2.03. The molecule has 1 fully saturated rings. The van der Waals surface area contributed by atoms with Crippen LogP contribution in [0.4, 0.5) is 5.69 Å². The van der Waals surface area contributed by atoms with Crippen LogP contribution in [0, 0.1) is 5.41 Å². The summed E-state index contributed by atoms with van der Waals surface area (Å²) >= 11 is 0. The molecule has 1 heterocycles. The van der Waals surface area contributed by atoms with Crippen molar-refractivity contribution in [3.05, 3.63) is 29.8 Å². The Hall–Kier alpha value is -2.08. The quantitative estimate of drug-likeness (QED) is 0.855. The van der Waals surface area contributed by atoms with Gasteiger partial charge in [0.25, 0.3) is 0 Å². The van der Waals surface area contributed by atoms with Crippen molar-refractivity contribution in [3.63, 3.8) is 0 Å². The highest BCUT2D eigenvalue weighted by molar-refractivity contribution is 5.80. The summed E-state index contributed by atoms with van der Waals surface area (Å²) in [5.41, 5.74) is 6.80. The summed E-state index contributed by atoms with van der Waals surface area (Å²) in [4.78, 5) is 31.0. The molecule has 22 heavy (non-hydrogen) atoms. The number of nitrogens with zero attached hydrogens (tertiary/aromatic N) is 2. The van der Waals surface area contributed by atoms with Gasteiger partial charge >= 0.3 is 5.97 Å². The molecule has 6 heteroatoms. The SMILES string of the molecule is CC(C)(C)C(=O)ON1CCN(Cc2ccc(N)cc2)C(=O)C1. The monoisotopic (exact) mass is 305 g/mol. The van der Waals surface area contributed by atoms with Crippen LogP contribution >= 0.6 is 0 Å². The first-order chi connectivity index (χ1) is 10.3. The van der Waals surface area contributed by atoms with Gasteiger partial charge in [0.05, 0.1) is 12.0 Å². The fourth-order valence-electron chi connectivity index (χ4n) is 2.03. The Morgan fingerprint density at radius 3 is 2.41 bits per heavy atom. The van der Waals surface area contributed by atoms with E-state index in [1.54, 1.807) is 25.7 Å². The molecule has 0 radical (unpaired) electrons. The van der Waals surface area contributed by atoms with E-state index in [-0.39, 0.29) is 18.4 Å². The van der Waals surface area contributed by atoms with Crippen LogP contribution in [0.25, 0.3) is 0 Å². The summed E-state index contributed by atoms with van der Waals surface area (Å²) in [5.74, 6) is -0.378. The molecule has 1 amide bonds. The van der Waals surface area contributed by atoms with Crippen LogP contribution in [0.5, 0.6) is 0 Å². The molecule has 2 N–H and O–H groups in total. The number of rotatable bonds is 3. The van der Waals surface area contributed by atoms with Crippen LogP contribution in [0.15, 0.2) is 24.3 Å². The van der Waals surface area contributed by atoms with E-state index in [9.17, 15) is 9.59 Å². The lowest BCUT2D eigenvalue weighted by atomic mass is 9.98. The van der Waals surface area contributed by atoms with Crippen LogP contribution in [0.1, 0.15) is 26.3 Å². The molecule has 1 aliphatic rings. The molecule has 1 saturated heterocycles. The summed E-state index contributed by atoms with van der Waals surface area (Å²) in [5, 5.41) is 1.44. The van der Waals surface area contributed by atoms with Gasteiger partial charge in [0.15, 0.2) is 0 Å². The number of nitrogens with two attached hydrogens (primary N) is 1. The fraction of sp³-hybridized carbons (Fsp3) is 0.500. The molecule has 120 valence electrons. The average Bonchev–Trinajstić information content (AvgIpc) is 2.43. The summed E-state index contributed by atoms with van der Waals surface area (Å²) < 4.78 is 0. The molecule has 6 nitrogen and oxygen atoms in total. The van der Waals surface area contributed by atoms with E-state index in [0.29, 0.717) is 25.3 Å². The number of carbonyl (C=O) groups is 2. The molecule has 0 aliphatic carbocycles. The van der Waals surface area contributed by atoms with E-state index < -0.39 is 5.41 Å². The van der Waals surface area contributed by atoms with Crippen LogP contribution < -0.4 is 5.73 Å². The average molecular weight is 305 g/mol. The third-order valence-corrected chi connectivity index (χ3v) is 3.46. The van der Waals surface area contributed by atoms with Gasteiger partial charge in [0, 0.05) is 18.8 Å². The zero-order valence-corrected chi connectivity index (χ0v) is 13.3. The van der Waals surface area contributed by atoms with Crippen molar-refractivity contribution in [1.82, 2.24) is 9.96 Å². The topological polar surface area (TPSA) is 75.9 Å². The molecule has 1 aromatic carbocycles. The van der Waals surface area contributed by atoms with Gasteiger partial charge in [-0.15, -0.1) is 5.06 Å². The first kappa shape index (κ1) is 16.3. The number of carbonyl (C=O) groups excluding carboxylic acids is 2. The second-order valence-corrected chi connectivity index (χ2v) is 6.55. The van der Waals surface area contributed by atoms with Gasteiger partial charge < -0.3 is 15.5 Å². The summed E-state index contributed by atoms with van der Waals surface area (Å²) in [6.07, 6.45) is 0. The van der Waals surface area contributed by atoms with E-state index in [1.165, 1.54) is 5.06 Å². The Morgan fingerprint density at radius 2 is 1.86 bits per heavy atom. The number of hydrogen-bond donors (Lipinski definition) is 1. The molecule has 1 aromatic rings. The van der Waals surface area contributed by atoms with Crippen molar-refractivity contribution in [3.8, 4) is 0 Å². The molecule has 0 spiro atoms. The molecule has 0 aromatic heterocycles. The van der Waals surface area contributed by atoms with Crippen molar-refractivity contribution in [2.24, 2.45) is 5.41 Å². The molecular weight excluding hydrogens is 282 g/mol. The van der Waals surface area contributed by atoms with Crippen LogP contribution in [0.2, 0.25) is 0 Å². The highest BCUT2D eigenvalue weighted by atomic mass is 16.7. The molecule has 0 unspecified atom stereocenters. The lowest BCUT2D eigenvalue weighted by molar-refractivity contribution is -0.208. The van der Waals surface area contributed by atoms with E-state index in [4.69, 9.17) is 10.6 Å². The van der Waals surface area contributed by atoms with Gasteiger partial charge in [0.1, 0.15) is 6.54 Å². The van der Waals surface area contributed by atoms with Crippen molar-refractivity contribution >= 4 is 17.6 Å². The Labute approximate surface area is 130 Å². The maximum atomic E-state index is 12.2. The van der Waals surface area contributed by atoms with Gasteiger partial charge in [-0.25, -0.2) is 4.79 Å². The minimum Gasteiger partial charge on any atom is -0.399 e. The molecule has 2 rings (SSSR count). The first-order valence-electron chi connectivity index (χ1n) is 7.35. The van der Waals surface area contributed by atoms with Crippen molar-refractivity contribution < 1.29 is 14.4 Å². The van der Waals surface area contributed by atoms with Gasteiger partial charge in [-0.3, -0.25) is 4.79 Å². The zero-order valence-electron chi connectivity index (χ0n) is 13.3. The van der Waals surface area contributed by atoms with E-state index >= 15 is 0 Å². The number of hydrogen-bond acceptors (Lipinski definition) is 5. The van der Waals surface area contributed by atoms with Gasteiger partial charge in [-0.2, -0.15) is 0 Å². The highest BCUT2D eigenvalue weighted by Gasteiger charge is 2.30. The second kappa shape index (κ2) is 6.36. The predicted molar refractivity (Wildman–Crippen MR) is 83.4 cm³/mol. The number of piperazine rings is 1. The molecule has 0 saturated carbocycles. The normalized spacial score (nSPS) is 16.7. The summed E-state index contributed by atoms with van der Waals surface area (Å²) in [6.45, 7) is 7.04. The number of benzene rings is 1. The summed E-state index contributed by atoms with van der Waals surface area (Å²) in [6, 6.07) is 7.46. The van der Waals surface area contributed by atoms with Crippen molar-refractivity contribution in [1.29, 1.82) is 0 Å². The molecule has 0 atom stereocenters. The largest absolute Gasteiger partial charge is 0.399 e. The van der Waals surface area contributed by atoms with Gasteiger partial charge in [0.2, 0.25) is 5.91 Å². The summed E-state index contributed by atoms with van der Waals surface area (Å²) in [7, 11) is 0. The number of hydroxylamine groups is 2. The number of amides is 1. The lowest BCUT2D eigenvalue weighted by Gasteiger charge is -2.34. The standard InChI is InChI=1S/C16H23N3O3/c1-16(2,3)15(21)22-19-9-8-18(14(20)11-19)10-12-4-6-13(17)7-5-12/h4-7H,8-11,17H2,1-3H3. The molecule has 1 aliphatic heterocycles. The number of nitrogen functional groups attached to an aromatic ring is 1. The lowest BCUT2D eigenvalue weighted by Crippen LogP contribution is -2.51. The Kier molecular flexibility index (Phi) is 4.71. The van der Waals surface area contributed by atoms with E-state index in [2.05, 4.69) is 0 Å². The third kappa shape index (κ3) is 4.21. The smallest absolute Gasteiger partial charge is 0.330 e. The van der Waals surface area contributed by atoms with Gasteiger partial charge in [-0.05, 0) is 38.5 Å². The third-order valence-electron chi connectivity index (χ3n) is 3.46. The van der Waals surface area contributed by atoms with Crippen LogP contribution in [-0.2, 0) is 21.0 Å². The minimum absolute atomic E-state index is 0.0511. The Morgan fingerprint density at radius 1 is 1.23 bits per heavy atom. The Bertz CT molecular complexity index is 549. The van der Waals surface area contributed by atoms with E-state index in [0.717, 1.165) is 5.56 Å². The van der Waals surface area contributed by atoms with Gasteiger partial charge in [-0.1, -0.05) is 12.1 Å². The Balaban J connectivity index is 1.89. The highest BCUT2D eigenvalue weighted by Crippen LogP contribution is 2.18. The molecular formula is C16H23N3O3.